The monoisotopic (exact) mass is 292 g/mol. The average molecular weight is 292 g/mol. The average Bonchev–Trinajstić information content (AvgIpc) is 2.79. The molecule has 108 valence electrons. The van der Waals surface area contributed by atoms with Crippen molar-refractivity contribution < 1.29 is 13.2 Å². The van der Waals surface area contributed by atoms with Gasteiger partial charge in [-0.25, -0.2) is 19.3 Å². The maximum absolute atomic E-state index is 14.0. The maximum Gasteiger partial charge on any atom is 0.303 e. The zero-order valence-corrected chi connectivity index (χ0v) is 11.3. The zero-order valence-electron chi connectivity index (χ0n) is 11.3. The highest BCUT2D eigenvalue weighted by Crippen LogP contribution is 2.26. The SMILES string of the molecule is Cc1cn2cc(-c3ccnc(C(C)(F)F)n3)cc(F)c2n1. The first kappa shape index (κ1) is 13.5. The van der Waals surface area contributed by atoms with Crippen LogP contribution in [0.1, 0.15) is 18.4 Å². The van der Waals surface area contributed by atoms with E-state index < -0.39 is 17.6 Å². The summed E-state index contributed by atoms with van der Waals surface area (Å²) in [7, 11) is 0. The molecule has 0 bridgehead atoms. The number of hydrogen-bond donors (Lipinski definition) is 0. The third kappa shape index (κ3) is 2.46. The van der Waals surface area contributed by atoms with Gasteiger partial charge >= 0.3 is 5.92 Å². The standard InChI is InChI=1S/C14H11F3N4/c1-8-6-21-7-9(5-10(15)12(21)19-8)11-3-4-18-13(20-11)14(2,16)17/h3-7H,1-2H3. The molecule has 0 aliphatic heterocycles. The van der Waals surface area contributed by atoms with Crippen LogP contribution in [0.3, 0.4) is 0 Å². The summed E-state index contributed by atoms with van der Waals surface area (Å²) in [6, 6.07) is 2.68. The van der Waals surface area contributed by atoms with Gasteiger partial charge in [-0.05, 0) is 19.1 Å². The molecule has 0 unspecified atom stereocenters. The molecule has 3 rings (SSSR count). The van der Waals surface area contributed by atoms with Gasteiger partial charge in [0.1, 0.15) is 0 Å². The number of aromatic nitrogens is 4. The molecule has 0 atom stereocenters. The smallest absolute Gasteiger partial charge is 0.303 e. The second-order valence-corrected chi connectivity index (χ2v) is 4.84. The van der Waals surface area contributed by atoms with E-state index >= 15 is 0 Å². The molecule has 4 nitrogen and oxygen atoms in total. The predicted molar refractivity (Wildman–Crippen MR) is 70.5 cm³/mol. The number of fused-ring (bicyclic) bond motifs is 1. The largest absolute Gasteiger partial charge is 0.304 e. The molecule has 0 fully saturated rings. The van der Waals surface area contributed by atoms with E-state index in [0.29, 0.717) is 11.3 Å². The molecule has 0 aliphatic carbocycles. The van der Waals surface area contributed by atoms with Crippen LogP contribution in [0.25, 0.3) is 16.9 Å². The third-order valence-corrected chi connectivity index (χ3v) is 2.97. The fraction of sp³-hybridized carbons (Fsp3) is 0.214. The van der Waals surface area contributed by atoms with E-state index in [1.54, 1.807) is 19.3 Å². The number of imidazole rings is 1. The molecular weight excluding hydrogens is 281 g/mol. The van der Waals surface area contributed by atoms with Crippen molar-refractivity contribution in [2.24, 2.45) is 0 Å². The molecule has 7 heteroatoms. The van der Waals surface area contributed by atoms with Crippen molar-refractivity contribution in [2.45, 2.75) is 19.8 Å². The van der Waals surface area contributed by atoms with Gasteiger partial charge in [0, 0.05) is 31.1 Å². The predicted octanol–water partition coefficient (Wildman–Crippen LogP) is 3.35. The molecule has 0 radical (unpaired) electrons. The van der Waals surface area contributed by atoms with Gasteiger partial charge in [-0.3, -0.25) is 0 Å². The first-order chi connectivity index (χ1) is 9.84. The van der Waals surface area contributed by atoms with Crippen LogP contribution in [0.2, 0.25) is 0 Å². The van der Waals surface area contributed by atoms with Crippen LogP contribution in [-0.2, 0) is 5.92 Å². The molecule has 21 heavy (non-hydrogen) atoms. The highest BCUT2D eigenvalue weighted by atomic mass is 19.3. The van der Waals surface area contributed by atoms with Gasteiger partial charge in [0.05, 0.1) is 11.4 Å². The summed E-state index contributed by atoms with van der Waals surface area (Å²) in [4.78, 5) is 11.4. The summed E-state index contributed by atoms with van der Waals surface area (Å²) in [5.74, 6) is -4.28. The Morgan fingerprint density at radius 2 is 1.95 bits per heavy atom. The van der Waals surface area contributed by atoms with Gasteiger partial charge in [0.2, 0.25) is 0 Å². The topological polar surface area (TPSA) is 43.1 Å². The van der Waals surface area contributed by atoms with Gasteiger partial charge in [-0.1, -0.05) is 0 Å². The number of hydrogen-bond acceptors (Lipinski definition) is 3. The van der Waals surface area contributed by atoms with Gasteiger partial charge in [0.15, 0.2) is 17.3 Å². The van der Waals surface area contributed by atoms with Crippen molar-refractivity contribution in [3.05, 3.63) is 48.1 Å². The molecule has 3 aromatic rings. The Labute approximate surface area is 118 Å². The highest BCUT2D eigenvalue weighted by Gasteiger charge is 2.28. The van der Waals surface area contributed by atoms with Gasteiger partial charge in [-0.15, -0.1) is 0 Å². The van der Waals surface area contributed by atoms with Crippen molar-refractivity contribution in [3.8, 4) is 11.3 Å². The molecule has 0 N–H and O–H groups in total. The summed E-state index contributed by atoms with van der Waals surface area (Å²) in [6.45, 7) is 2.46. The Morgan fingerprint density at radius 3 is 2.67 bits per heavy atom. The lowest BCUT2D eigenvalue weighted by atomic mass is 10.2. The molecule has 3 aromatic heterocycles. The minimum Gasteiger partial charge on any atom is -0.304 e. The van der Waals surface area contributed by atoms with Crippen molar-refractivity contribution in [1.82, 2.24) is 19.4 Å². The summed E-state index contributed by atoms with van der Waals surface area (Å²) in [5, 5.41) is 0. The maximum atomic E-state index is 14.0. The second kappa shape index (κ2) is 4.54. The van der Waals surface area contributed by atoms with Crippen LogP contribution < -0.4 is 0 Å². The number of nitrogens with zero attached hydrogens (tertiary/aromatic N) is 4. The van der Waals surface area contributed by atoms with Gasteiger partial charge < -0.3 is 4.40 Å². The molecule has 0 amide bonds. The number of aryl methyl sites for hydroxylation is 1. The van der Waals surface area contributed by atoms with Crippen molar-refractivity contribution in [1.29, 1.82) is 0 Å². The van der Waals surface area contributed by atoms with Crippen LogP contribution in [0.4, 0.5) is 13.2 Å². The molecular formula is C14H11F3N4. The van der Waals surface area contributed by atoms with Crippen molar-refractivity contribution in [3.63, 3.8) is 0 Å². The first-order valence-corrected chi connectivity index (χ1v) is 6.21. The first-order valence-electron chi connectivity index (χ1n) is 6.21. The molecule has 3 heterocycles. The van der Waals surface area contributed by atoms with Crippen molar-refractivity contribution >= 4 is 5.65 Å². The lowest BCUT2D eigenvalue weighted by Crippen LogP contribution is -2.12. The number of rotatable bonds is 2. The minimum absolute atomic E-state index is 0.186. The van der Waals surface area contributed by atoms with E-state index in [9.17, 15) is 13.2 Å². The normalized spacial score (nSPS) is 12.0. The Balaban J connectivity index is 2.16. The van der Waals surface area contributed by atoms with Crippen LogP contribution in [-0.4, -0.2) is 19.4 Å². The van der Waals surface area contributed by atoms with Crippen LogP contribution in [0, 0.1) is 12.7 Å². The fourth-order valence-corrected chi connectivity index (χ4v) is 2.05. The summed E-state index contributed by atoms with van der Waals surface area (Å²) < 4.78 is 42.1. The highest BCUT2D eigenvalue weighted by molar-refractivity contribution is 5.61. The molecule has 0 saturated carbocycles. The Kier molecular flexibility index (Phi) is 2.93. The second-order valence-electron chi connectivity index (χ2n) is 4.84. The van der Waals surface area contributed by atoms with Gasteiger partial charge in [0.25, 0.3) is 0 Å². The number of alkyl halides is 2. The molecule has 0 aliphatic rings. The minimum atomic E-state index is -3.15. The summed E-state index contributed by atoms with van der Waals surface area (Å²) in [6.07, 6.45) is 4.48. The Bertz CT molecular complexity index is 821. The van der Waals surface area contributed by atoms with E-state index in [4.69, 9.17) is 0 Å². The summed E-state index contributed by atoms with van der Waals surface area (Å²) in [5.41, 5.74) is 1.46. The van der Waals surface area contributed by atoms with Crippen LogP contribution in [0.5, 0.6) is 0 Å². The Morgan fingerprint density at radius 1 is 1.19 bits per heavy atom. The molecule has 0 spiro atoms. The van der Waals surface area contributed by atoms with E-state index in [0.717, 1.165) is 6.92 Å². The lowest BCUT2D eigenvalue weighted by molar-refractivity contribution is 0.00779. The fourth-order valence-electron chi connectivity index (χ4n) is 2.05. The zero-order chi connectivity index (χ0) is 15.2. The summed E-state index contributed by atoms with van der Waals surface area (Å²) >= 11 is 0. The Hall–Kier alpha value is -2.44. The third-order valence-electron chi connectivity index (χ3n) is 2.97. The van der Waals surface area contributed by atoms with E-state index in [-0.39, 0.29) is 11.3 Å². The van der Waals surface area contributed by atoms with E-state index in [1.807, 2.05) is 0 Å². The quantitative estimate of drug-likeness (QED) is 0.727. The number of halogens is 3. The van der Waals surface area contributed by atoms with Crippen molar-refractivity contribution in [2.75, 3.05) is 0 Å². The number of pyridine rings is 1. The lowest BCUT2D eigenvalue weighted by Gasteiger charge is -2.10. The molecule has 0 saturated heterocycles. The van der Waals surface area contributed by atoms with E-state index in [2.05, 4.69) is 15.0 Å². The van der Waals surface area contributed by atoms with E-state index in [1.165, 1.54) is 22.7 Å². The molecule has 0 aromatic carbocycles. The van der Waals surface area contributed by atoms with Crippen LogP contribution >= 0.6 is 0 Å². The van der Waals surface area contributed by atoms with Crippen LogP contribution in [0.15, 0.2) is 30.7 Å². The van der Waals surface area contributed by atoms with Gasteiger partial charge in [-0.2, -0.15) is 8.78 Å².